The van der Waals surface area contributed by atoms with Crippen molar-refractivity contribution in [1.29, 1.82) is 0 Å². The normalized spacial score (nSPS) is 21.4. The number of likely N-dealkylation sites (tertiary alicyclic amines) is 1. The van der Waals surface area contributed by atoms with E-state index in [1.165, 1.54) is 0 Å². The number of nitrogens with one attached hydrogen (secondary N) is 1. The van der Waals surface area contributed by atoms with Crippen molar-refractivity contribution in [1.82, 2.24) is 29.7 Å². The van der Waals surface area contributed by atoms with Gasteiger partial charge in [0.05, 0.1) is 16.9 Å². The second kappa shape index (κ2) is 10.1. The molecule has 3 aromatic heterocycles. The summed E-state index contributed by atoms with van der Waals surface area (Å²) in [4.78, 5) is 23.4. The molecule has 2 aliphatic rings. The van der Waals surface area contributed by atoms with E-state index in [1.54, 1.807) is 0 Å². The van der Waals surface area contributed by atoms with Gasteiger partial charge in [0.2, 0.25) is 0 Å². The predicted molar refractivity (Wildman–Crippen MR) is 141 cm³/mol. The number of rotatable bonds is 5. The Hall–Kier alpha value is -3.17. The number of carbonyl (C=O) groups excluding carboxylic acids is 1. The maximum Gasteiger partial charge on any atom is 0.317 e. The third-order valence-corrected chi connectivity index (χ3v) is 7.55. The van der Waals surface area contributed by atoms with E-state index in [9.17, 15) is 9.90 Å². The van der Waals surface area contributed by atoms with Crippen LogP contribution in [0, 0.1) is 0 Å². The lowest BCUT2D eigenvalue weighted by Gasteiger charge is -2.41. The Kier molecular flexibility index (Phi) is 6.85. The van der Waals surface area contributed by atoms with Crippen LogP contribution in [0.15, 0.2) is 42.9 Å². The minimum Gasteiger partial charge on any atom is -0.384 e. The molecule has 5 heterocycles. The summed E-state index contributed by atoms with van der Waals surface area (Å²) < 4.78 is 1.89. The molecule has 36 heavy (non-hydrogen) atoms. The zero-order valence-corrected chi connectivity index (χ0v) is 21.5. The van der Waals surface area contributed by atoms with E-state index in [4.69, 9.17) is 4.98 Å². The summed E-state index contributed by atoms with van der Waals surface area (Å²) in [5.41, 5.74) is 3.99. The number of piperidine rings is 1. The highest BCUT2D eigenvalue weighted by Gasteiger charge is 2.36. The molecule has 0 bridgehead atoms. The van der Waals surface area contributed by atoms with Gasteiger partial charge in [-0.15, -0.1) is 0 Å². The van der Waals surface area contributed by atoms with Gasteiger partial charge in [-0.2, -0.15) is 5.10 Å². The number of anilines is 1. The Labute approximate surface area is 212 Å². The minimum atomic E-state index is -0.857. The van der Waals surface area contributed by atoms with Crippen LogP contribution in [0.4, 0.5) is 10.5 Å². The first-order valence-corrected chi connectivity index (χ1v) is 13.1. The van der Waals surface area contributed by atoms with Crippen molar-refractivity contribution < 1.29 is 9.90 Å². The summed E-state index contributed by atoms with van der Waals surface area (Å²) in [6.45, 7) is 11.5. The van der Waals surface area contributed by atoms with E-state index in [2.05, 4.69) is 40.1 Å². The maximum atomic E-state index is 12.2. The number of β-amino-alcohol motifs (C(OH)–C–C–N with tert-alkyl or cyclic N) is 1. The molecule has 0 spiro atoms. The van der Waals surface area contributed by atoms with Crippen LogP contribution in [0.25, 0.3) is 16.8 Å². The monoisotopic (exact) mass is 491 g/mol. The van der Waals surface area contributed by atoms with Gasteiger partial charge in [-0.1, -0.05) is 6.07 Å². The smallest absolute Gasteiger partial charge is 0.317 e. The van der Waals surface area contributed by atoms with Crippen LogP contribution in [-0.2, 0) is 5.60 Å². The quantitative estimate of drug-likeness (QED) is 0.571. The largest absolute Gasteiger partial charge is 0.384 e. The molecule has 9 nitrogen and oxygen atoms in total. The zero-order chi connectivity index (χ0) is 25.3. The highest BCUT2D eigenvalue weighted by Crippen LogP contribution is 2.33. The first-order chi connectivity index (χ1) is 17.4. The molecule has 0 aliphatic carbocycles. The van der Waals surface area contributed by atoms with E-state index in [-0.39, 0.29) is 6.03 Å². The average Bonchev–Trinajstić information content (AvgIpc) is 3.34. The van der Waals surface area contributed by atoms with Crippen molar-refractivity contribution in [3.8, 4) is 11.3 Å². The van der Waals surface area contributed by atoms with E-state index in [0.29, 0.717) is 32.2 Å². The summed E-state index contributed by atoms with van der Waals surface area (Å²) >= 11 is 0. The zero-order valence-electron chi connectivity index (χ0n) is 21.5. The molecule has 3 aromatic rings. The fourth-order valence-corrected chi connectivity index (χ4v) is 5.41. The lowest BCUT2D eigenvalue weighted by molar-refractivity contribution is -0.0447. The van der Waals surface area contributed by atoms with Crippen molar-refractivity contribution in [2.45, 2.75) is 45.3 Å². The van der Waals surface area contributed by atoms with Gasteiger partial charge in [-0.25, -0.2) is 9.31 Å². The van der Waals surface area contributed by atoms with Crippen molar-refractivity contribution in [2.24, 2.45) is 0 Å². The van der Waals surface area contributed by atoms with Gasteiger partial charge in [-0.05, 0) is 58.4 Å². The second-order valence-corrected chi connectivity index (χ2v) is 10.2. The van der Waals surface area contributed by atoms with E-state index in [1.807, 2.05) is 53.1 Å². The van der Waals surface area contributed by atoms with Crippen molar-refractivity contribution in [3.63, 3.8) is 0 Å². The van der Waals surface area contributed by atoms with Crippen LogP contribution in [0.2, 0.25) is 0 Å². The lowest BCUT2D eigenvalue weighted by Crippen LogP contribution is -2.51. The number of nitrogens with zero attached hydrogens (tertiary/aromatic N) is 6. The number of aliphatic hydroxyl groups is 1. The van der Waals surface area contributed by atoms with Gasteiger partial charge in [0.1, 0.15) is 5.60 Å². The highest BCUT2D eigenvalue weighted by molar-refractivity contribution is 5.79. The van der Waals surface area contributed by atoms with E-state index < -0.39 is 5.60 Å². The molecule has 0 saturated carbocycles. The minimum absolute atomic E-state index is 0.00585. The third kappa shape index (κ3) is 4.77. The third-order valence-electron chi connectivity index (χ3n) is 7.55. The molecule has 9 heteroatoms. The molecule has 2 aliphatic heterocycles. The summed E-state index contributed by atoms with van der Waals surface area (Å²) in [5.74, 6) is 0. The van der Waals surface area contributed by atoms with Crippen LogP contribution >= 0.6 is 0 Å². The van der Waals surface area contributed by atoms with Gasteiger partial charge in [0, 0.05) is 75.0 Å². The first-order valence-electron chi connectivity index (χ1n) is 13.1. The summed E-state index contributed by atoms with van der Waals surface area (Å²) in [6, 6.07) is 8.60. The van der Waals surface area contributed by atoms with Crippen LogP contribution in [-0.4, -0.2) is 87.4 Å². The SMILES string of the molecule is CCNC(=O)N1CCN(c2ccnn3cc(-c4ccc([C@]5(O)CCCN(C(C)C)C5)cn4)cc23)CC1. The Bertz CT molecular complexity index is 1200. The number of hydrogen-bond donors (Lipinski definition) is 2. The van der Waals surface area contributed by atoms with Crippen LogP contribution in [0.3, 0.4) is 0 Å². The Balaban J connectivity index is 1.34. The van der Waals surface area contributed by atoms with Crippen LogP contribution < -0.4 is 10.2 Å². The standard InChI is InChI=1S/C27H37N7O2/c1-4-28-26(35)32-14-12-31(13-15-32)24-8-10-30-34-18-21(16-25(24)34)23-7-6-22(17-29-23)27(36)9-5-11-33(19-27)20(2)3/h6-8,10,16-18,20,36H,4-5,9,11-15,19H2,1-3H3,(H,28,35)/t27-/m0/s1. The van der Waals surface area contributed by atoms with Gasteiger partial charge in [-0.3, -0.25) is 9.88 Å². The number of fused-ring (bicyclic) bond motifs is 1. The lowest BCUT2D eigenvalue weighted by atomic mass is 9.86. The molecule has 2 amide bonds. The fraction of sp³-hybridized carbons (Fsp3) is 0.519. The molecule has 0 unspecified atom stereocenters. The molecular weight excluding hydrogens is 454 g/mol. The van der Waals surface area contributed by atoms with Crippen molar-refractivity contribution >= 4 is 17.2 Å². The summed E-state index contributed by atoms with van der Waals surface area (Å²) in [6.07, 6.45) is 7.39. The number of hydrogen-bond acceptors (Lipinski definition) is 6. The van der Waals surface area contributed by atoms with Gasteiger partial charge in [0.15, 0.2) is 0 Å². The average molecular weight is 492 g/mol. The van der Waals surface area contributed by atoms with Gasteiger partial charge in [0.25, 0.3) is 0 Å². The topological polar surface area (TPSA) is 89.2 Å². The number of piperazine rings is 1. The van der Waals surface area contributed by atoms with Gasteiger partial charge < -0.3 is 20.2 Å². The molecule has 2 fully saturated rings. The first kappa shape index (κ1) is 24.5. The maximum absolute atomic E-state index is 12.2. The summed E-state index contributed by atoms with van der Waals surface area (Å²) in [5, 5.41) is 18.8. The highest BCUT2D eigenvalue weighted by atomic mass is 16.3. The molecule has 5 rings (SSSR count). The van der Waals surface area contributed by atoms with Crippen molar-refractivity contribution in [2.75, 3.05) is 50.7 Å². The van der Waals surface area contributed by atoms with E-state index >= 15 is 0 Å². The number of amides is 2. The Morgan fingerprint density at radius 2 is 1.97 bits per heavy atom. The van der Waals surface area contributed by atoms with E-state index in [0.717, 1.165) is 60.5 Å². The second-order valence-electron chi connectivity index (χ2n) is 10.2. The molecule has 2 N–H and O–H groups in total. The summed E-state index contributed by atoms with van der Waals surface area (Å²) in [7, 11) is 0. The van der Waals surface area contributed by atoms with Crippen LogP contribution in [0.1, 0.15) is 39.2 Å². The molecule has 2 saturated heterocycles. The van der Waals surface area contributed by atoms with Crippen LogP contribution in [0.5, 0.6) is 0 Å². The molecule has 192 valence electrons. The van der Waals surface area contributed by atoms with Crippen molar-refractivity contribution in [3.05, 3.63) is 48.4 Å². The fourth-order valence-electron chi connectivity index (χ4n) is 5.41. The molecular formula is C27H37N7O2. The number of urea groups is 1. The number of aromatic nitrogens is 3. The number of carbonyl (C=O) groups is 1. The number of pyridine rings is 1. The Morgan fingerprint density at radius 3 is 2.67 bits per heavy atom. The van der Waals surface area contributed by atoms with Gasteiger partial charge >= 0.3 is 6.03 Å². The Morgan fingerprint density at radius 1 is 1.17 bits per heavy atom. The molecule has 0 aromatic carbocycles. The predicted octanol–water partition coefficient (Wildman–Crippen LogP) is 2.94. The molecule has 0 radical (unpaired) electrons. The molecule has 1 atom stereocenters.